The minimum absolute atomic E-state index is 0.0377. The normalized spacial score (nSPS) is 16.4. The number of carbonyl (C=O) groups is 3. The van der Waals surface area contributed by atoms with Crippen molar-refractivity contribution in [2.45, 2.75) is 49.1 Å². The van der Waals surface area contributed by atoms with Gasteiger partial charge in [0.1, 0.15) is 30.2 Å². The lowest BCUT2D eigenvalue weighted by Crippen LogP contribution is -2.55. The molecule has 0 saturated heterocycles. The smallest absolute Gasteiger partial charge is 0.326 e. The lowest BCUT2D eigenvalue weighted by molar-refractivity contribution is -0.142. The Hall–Kier alpha value is -6.69. The van der Waals surface area contributed by atoms with Crippen LogP contribution in [0.3, 0.4) is 0 Å². The third-order valence-electron chi connectivity index (χ3n) is 10.7. The molecule has 6 aromatic carbocycles. The van der Waals surface area contributed by atoms with Crippen LogP contribution >= 0.6 is 23.2 Å². The molecule has 1 unspecified atom stereocenters. The SMILES string of the molecule is N#Cc1ccc(-c2ccc(CC(NC(=O)[C@@H]3Cc4cc5c(cc4CN3S(=O)(=O)c3ccccc3)O[C@@H](c3ccc(OCc4ccc(Cl)c(Cl)c4)cc3)C(=O)N5)C(=O)O)cc2)cc1. The van der Waals surface area contributed by atoms with Gasteiger partial charge in [-0.2, -0.15) is 9.57 Å². The van der Waals surface area contributed by atoms with Crippen molar-refractivity contribution in [3.8, 4) is 28.7 Å². The van der Waals surface area contributed by atoms with Gasteiger partial charge in [-0.3, -0.25) is 9.59 Å². The Balaban J connectivity index is 1.01. The molecule has 2 heterocycles. The van der Waals surface area contributed by atoms with Gasteiger partial charge in [-0.1, -0.05) is 96.0 Å². The molecule has 0 saturated carbocycles. The van der Waals surface area contributed by atoms with E-state index in [2.05, 4.69) is 16.7 Å². The van der Waals surface area contributed by atoms with Crippen LogP contribution in [0, 0.1) is 11.3 Å². The van der Waals surface area contributed by atoms with E-state index < -0.39 is 46.0 Å². The summed E-state index contributed by atoms with van der Waals surface area (Å²) in [4.78, 5) is 40.1. The standard InChI is InChI=1S/C47H36Cl2N4O8S/c48-38-19-10-30(20-39(38)49)27-60-36-17-15-33(16-18-36)44-46(55)51-40-22-34-23-42(53(26-35(34)24-43(40)61-44)62(58,59)37-4-2-1-3-5-37)45(54)52-41(47(56)57)21-28-6-11-31(12-7-28)32-13-8-29(25-50)9-14-32/h1-20,22,24,41-42,44H,21,23,26-27H2,(H,51,55)(H,52,54)(H,56,57)/t41?,42-,44-/m0/s1. The highest BCUT2D eigenvalue weighted by molar-refractivity contribution is 7.89. The van der Waals surface area contributed by atoms with Gasteiger partial charge < -0.3 is 25.2 Å². The number of hydrogen-bond acceptors (Lipinski definition) is 8. The number of anilines is 1. The largest absolute Gasteiger partial charge is 0.489 e. The number of carboxylic acids is 1. The second-order valence-electron chi connectivity index (χ2n) is 14.8. The van der Waals surface area contributed by atoms with Crippen LogP contribution in [-0.2, 0) is 50.4 Å². The number of rotatable bonds is 12. The highest BCUT2D eigenvalue weighted by Crippen LogP contribution is 2.41. The number of benzene rings is 6. The van der Waals surface area contributed by atoms with Crippen molar-refractivity contribution in [1.82, 2.24) is 9.62 Å². The first-order valence-corrected chi connectivity index (χ1v) is 21.6. The molecule has 2 amide bonds. The van der Waals surface area contributed by atoms with E-state index in [0.717, 1.165) is 21.0 Å². The predicted molar refractivity (Wildman–Crippen MR) is 232 cm³/mol. The summed E-state index contributed by atoms with van der Waals surface area (Å²) < 4.78 is 41.7. The second kappa shape index (κ2) is 17.7. The van der Waals surface area contributed by atoms with Crippen LogP contribution in [0.1, 0.15) is 39.5 Å². The lowest BCUT2D eigenvalue weighted by Gasteiger charge is -2.36. The maximum Gasteiger partial charge on any atom is 0.326 e. The van der Waals surface area contributed by atoms with E-state index >= 15 is 0 Å². The molecule has 0 fully saturated rings. The molecule has 0 aliphatic carbocycles. The number of amides is 2. The molecule has 8 rings (SSSR count). The summed E-state index contributed by atoms with van der Waals surface area (Å²) in [7, 11) is -4.29. The number of nitrogens with one attached hydrogen (secondary N) is 2. The highest BCUT2D eigenvalue weighted by atomic mass is 35.5. The third-order valence-corrected chi connectivity index (χ3v) is 13.3. The summed E-state index contributed by atoms with van der Waals surface area (Å²) in [6.45, 7) is 0.00536. The van der Waals surface area contributed by atoms with Gasteiger partial charge in [0, 0.05) is 18.5 Å². The van der Waals surface area contributed by atoms with Crippen molar-refractivity contribution in [2.75, 3.05) is 5.32 Å². The van der Waals surface area contributed by atoms with Crippen LogP contribution in [0.2, 0.25) is 10.0 Å². The van der Waals surface area contributed by atoms with Crippen LogP contribution in [0.5, 0.6) is 11.5 Å². The molecule has 3 atom stereocenters. The van der Waals surface area contributed by atoms with Gasteiger partial charge in [-0.25, -0.2) is 13.2 Å². The summed E-state index contributed by atoms with van der Waals surface area (Å²) in [5, 5.41) is 25.7. The fourth-order valence-electron chi connectivity index (χ4n) is 7.40. The Morgan fingerprint density at radius 3 is 2.21 bits per heavy atom. The Labute approximate surface area is 367 Å². The molecule has 0 bridgehead atoms. The summed E-state index contributed by atoms with van der Waals surface area (Å²) in [5.74, 6) is -1.66. The van der Waals surface area contributed by atoms with Gasteiger partial charge in [-0.15, -0.1) is 0 Å². The average molecular weight is 888 g/mol. The predicted octanol–water partition coefficient (Wildman–Crippen LogP) is 8.11. The number of sulfonamides is 1. The number of hydrogen-bond donors (Lipinski definition) is 3. The Morgan fingerprint density at radius 2 is 1.55 bits per heavy atom. The number of aliphatic carboxylic acids is 1. The van der Waals surface area contributed by atoms with Crippen molar-refractivity contribution in [2.24, 2.45) is 0 Å². The lowest BCUT2D eigenvalue weighted by atomic mass is 9.93. The van der Waals surface area contributed by atoms with Crippen LogP contribution in [-0.4, -0.2) is 47.7 Å². The molecule has 0 aromatic heterocycles. The molecule has 6 aromatic rings. The van der Waals surface area contributed by atoms with Gasteiger partial charge in [0.15, 0.2) is 0 Å². The van der Waals surface area contributed by atoms with Crippen LogP contribution in [0.15, 0.2) is 138 Å². The van der Waals surface area contributed by atoms with E-state index in [4.69, 9.17) is 37.9 Å². The zero-order valence-corrected chi connectivity index (χ0v) is 35.0. The van der Waals surface area contributed by atoms with Crippen LogP contribution in [0.4, 0.5) is 5.69 Å². The summed E-state index contributed by atoms with van der Waals surface area (Å²) in [6.07, 6.45) is -1.22. The summed E-state index contributed by atoms with van der Waals surface area (Å²) in [6, 6.07) is 36.7. The fraction of sp³-hybridized carbons (Fsp3) is 0.149. The van der Waals surface area contributed by atoms with Gasteiger partial charge in [0.25, 0.3) is 5.91 Å². The van der Waals surface area contributed by atoms with Gasteiger partial charge in [-0.05, 0) is 100 Å². The minimum atomic E-state index is -4.29. The molecule has 62 heavy (non-hydrogen) atoms. The second-order valence-corrected chi connectivity index (χ2v) is 17.5. The van der Waals surface area contributed by atoms with Crippen molar-refractivity contribution in [3.63, 3.8) is 0 Å². The Morgan fingerprint density at radius 1 is 0.871 bits per heavy atom. The monoisotopic (exact) mass is 886 g/mol. The van der Waals surface area contributed by atoms with Gasteiger partial charge in [0.05, 0.1) is 32.3 Å². The Kier molecular flexibility index (Phi) is 12.0. The molecule has 312 valence electrons. The number of carbonyl (C=O) groups excluding carboxylic acids is 2. The average Bonchev–Trinajstić information content (AvgIpc) is 3.28. The molecule has 2 aliphatic rings. The minimum Gasteiger partial charge on any atom is -0.489 e. The first-order chi connectivity index (χ1) is 29.9. The van der Waals surface area contributed by atoms with E-state index in [1.165, 1.54) is 12.1 Å². The first-order valence-electron chi connectivity index (χ1n) is 19.4. The molecule has 2 aliphatic heterocycles. The number of fused-ring (bicyclic) bond motifs is 2. The van der Waals surface area contributed by atoms with E-state index in [0.29, 0.717) is 55.0 Å². The number of ether oxygens (including phenoxy) is 2. The summed E-state index contributed by atoms with van der Waals surface area (Å²) in [5.41, 5.74) is 5.73. The maximum absolute atomic E-state index is 14.3. The van der Waals surface area contributed by atoms with Gasteiger partial charge >= 0.3 is 5.97 Å². The third kappa shape index (κ3) is 9.00. The molecule has 0 radical (unpaired) electrons. The maximum atomic E-state index is 14.3. The number of carboxylic acid groups (broad SMARTS) is 1. The number of nitriles is 1. The van der Waals surface area contributed by atoms with Crippen LogP contribution in [0.25, 0.3) is 11.1 Å². The zero-order valence-electron chi connectivity index (χ0n) is 32.6. The first kappa shape index (κ1) is 42.0. The van der Waals surface area contributed by atoms with Gasteiger partial charge in [0.2, 0.25) is 22.0 Å². The van der Waals surface area contributed by atoms with Crippen molar-refractivity contribution >= 4 is 56.7 Å². The van der Waals surface area contributed by atoms with Crippen molar-refractivity contribution < 1.29 is 37.4 Å². The molecule has 3 N–H and O–H groups in total. The molecule has 0 spiro atoms. The fourth-order valence-corrected chi connectivity index (χ4v) is 9.31. The van der Waals surface area contributed by atoms with Crippen LogP contribution < -0.4 is 20.1 Å². The number of halogens is 2. The highest BCUT2D eigenvalue weighted by Gasteiger charge is 2.42. The molecule has 15 heteroatoms. The quantitative estimate of drug-likeness (QED) is 0.110. The van der Waals surface area contributed by atoms with Crippen molar-refractivity contribution in [1.29, 1.82) is 5.26 Å². The zero-order chi connectivity index (χ0) is 43.5. The Bertz CT molecular complexity index is 2840. The van der Waals surface area contributed by atoms with E-state index in [-0.39, 0.29) is 30.9 Å². The molecular weight excluding hydrogens is 852 g/mol. The van der Waals surface area contributed by atoms with E-state index in [9.17, 15) is 27.9 Å². The molecular formula is C47H36Cl2N4O8S. The van der Waals surface area contributed by atoms with E-state index in [1.54, 1.807) is 91.0 Å². The van der Waals surface area contributed by atoms with E-state index in [1.807, 2.05) is 30.3 Å². The topological polar surface area (TPSA) is 175 Å². The molecule has 12 nitrogen and oxygen atoms in total. The summed E-state index contributed by atoms with van der Waals surface area (Å²) >= 11 is 12.1. The number of nitrogens with zero attached hydrogens (tertiary/aromatic N) is 2. The van der Waals surface area contributed by atoms with Crippen molar-refractivity contribution in [3.05, 3.63) is 177 Å².